The molecule has 0 bridgehead atoms. The topological polar surface area (TPSA) is 18.5 Å². The van der Waals surface area contributed by atoms with Crippen molar-refractivity contribution in [3.8, 4) is 0 Å². The molecule has 0 heterocycles. The molecular formula is C21H46O2Si. The summed E-state index contributed by atoms with van der Waals surface area (Å²) in [6, 6.07) is 2.17. The Morgan fingerprint density at radius 2 is 1.21 bits per heavy atom. The zero-order valence-corrected chi connectivity index (χ0v) is 18.5. The molecule has 0 aromatic rings. The largest absolute Gasteiger partial charge is 0.394 e. The molecule has 3 heteroatoms. The van der Waals surface area contributed by atoms with Crippen molar-refractivity contribution in [2.45, 2.75) is 117 Å². The fourth-order valence-corrected chi connectivity index (χ4v) is 5.75. The van der Waals surface area contributed by atoms with E-state index in [-0.39, 0.29) is 0 Å². The summed E-state index contributed by atoms with van der Waals surface area (Å²) in [6.45, 7) is 13.1. The Balaban J connectivity index is 3.76. The van der Waals surface area contributed by atoms with Gasteiger partial charge in [0.05, 0.1) is 0 Å². The first-order chi connectivity index (χ1) is 11.6. The van der Waals surface area contributed by atoms with E-state index < -0.39 is 8.56 Å². The van der Waals surface area contributed by atoms with Crippen molar-refractivity contribution in [3.05, 3.63) is 0 Å². The standard InChI is InChI=1S/C21H46O2Si/c1-6-10-11-12-13-14-15-16-17-19-22-24(8-3,9-4)23-20-21(5)18-7-2/h21H,6-20H2,1-5H3. The van der Waals surface area contributed by atoms with Crippen LogP contribution in [0.3, 0.4) is 0 Å². The van der Waals surface area contributed by atoms with Crippen molar-refractivity contribution < 1.29 is 8.85 Å². The molecule has 0 aromatic carbocycles. The maximum Gasteiger partial charge on any atom is 0.337 e. The molecule has 1 unspecified atom stereocenters. The molecule has 0 aromatic heterocycles. The van der Waals surface area contributed by atoms with Crippen LogP contribution in [0.25, 0.3) is 0 Å². The van der Waals surface area contributed by atoms with Crippen molar-refractivity contribution in [1.82, 2.24) is 0 Å². The second kappa shape index (κ2) is 16.6. The first kappa shape index (κ1) is 24.1. The molecule has 0 radical (unpaired) electrons. The predicted molar refractivity (Wildman–Crippen MR) is 110 cm³/mol. The smallest absolute Gasteiger partial charge is 0.337 e. The Morgan fingerprint density at radius 3 is 1.71 bits per heavy atom. The summed E-state index contributed by atoms with van der Waals surface area (Å²) in [5.74, 6) is 0.663. The first-order valence-corrected chi connectivity index (χ1v) is 13.1. The number of rotatable bonds is 18. The van der Waals surface area contributed by atoms with E-state index in [2.05, 4.69) is 34.6 Å². The van der Waals surface area contributed by atoms with Crippen LogP contribution in [0, 0.1) is 5.92 Å². The summed E-state index contributed by atoms with van der Waals surface area (Å²) in [6.07, 6.45) is 14.8. The van der Waals surface area contributed by atoms with Crippen LogP contribution in [0.5, 0.6) is 0 Å². The minimum absolute atomic E-state index is 0.663. The summed E-state index contributed by atoms with van der Waals surface area (Å²) in [5, 5.41) is 0. The number of hydrogen-bond acceptors (Lipinski definition) is 2. The quantitative estimate of drug-likeness (QED) is 0.187. The predicted octanol–water partition coefficient (Wildman–Crippen LogP) is 7.47. The highest BCUT2D eigenvalue weighted by Crippen LogP contribution is 2.21. The normalized spacial score (nSPS) is 13.4. The molecule has 0 aliphatic carbocycles. The molecule has 0 aliphatic rings. The van der Waals surface area contributed by atoms with Crippen molar-refractivity contribution in [2.24, 2.45) is 5.92 Å². The maximum absolute atomic E-state index is 6.34. The molecule has 0 aliphatic heterocycles. The van der Waals surface area contributed by atoms with Crippen LogP contribution in [-0.4, -0.2) is 21.8 Å². The SMILES string of the molecule is CCCCCCCCCCCO[Si](CC)(CC)OCC(C)CCC. The molecule has 24 heavy (non-hydrogen) atoms. The van der Waals surface area contributed by atoms with Crippen LogP contribution >= 0.6 is 0 Å². The summed E-state index contributed by atoms with van der Waals surface area (Å²) < 4.78 is 12.7. The molecule has 0 amide bonds. The van der Waals surface area contributed by atoms with E-state index in [4.69, 9.17) is 8.85 Å². The molecule has 2 nitrogen and oxygen atoms in total. The summed E-state index contributed by atoms with van der Waals surface area (Å²) in [4.78, 5) is 0. The lowest BCUT2D eigenvalue weighted by atomic mass is 10.1. The Labute approximate surface area is 154 Å². The van der Waals surface area contributed by atoms with Gasteiger partial charge >= 0.3 is 8.56 Å². The van der Waals surface area contributed by atoms with Crippen molar-refractivity contribution in [3.63, 3.8) is 0 Å². The molecule has 0 saturated carbocycles. The van der Waals surface area contributed by atoms with Gasteiger partial charge in [-0.3, -0.25) is 0 Å². The Bertz CT molecular complexity index is 254. The highest BCUT2D eigenvalue weighted by Gasteiger charge is 2.33. The van der Waals surface area contributed by atoms with Crippen molar-refractivity contribution in [2.75, 3.05) is 13.2 Å². The van der Waals surface area contributed by atoms with Gasteiger partial charge in [0, 0.05) is 13.2 Å². The summed E-state index contributed by atoms with van der Waals surface area (Å²) in [5.41, 5.74) is 0. The molecule has 0 N–H and O–H groups in total. The summed E-state index contributed by atoms with van der Waals surface area (Å²) in [7, 11) is -1.93. The van der Waals surface area contributed by atoms with E-state index in [9.17, 15) is 0 Å². The van der Waals surface area contributed by atoms with Gasteiger partial charge in [0.2, 0.25) is 0 Å². The first-order valence-electron chi connectivity index (χ1n) is 10.9. The molecular weight excluding hydrogens is 312 g/mol. The van der Waals surface area contributed by atoms with Gasteiger partial charge in [0.15, 0.2) is 0 Å². The van der Waals surface area contributed by atoms with Gasteiger partial charge in [-0.2, -0.15) is 0 Å². The van der Waals surface area contributed by atoms with E-state index in [1.807, 2.05) is 0 Å². The highest BCUT2D eigenvalue weighted by molar-refractivity contribution is 6.67. The van der Waals surface area contributed by atoms with E-state index >= 15 is 0 Å². The van der Waals surface area contributed by atoms with Crippen molar-refractivity contribution >= 4 is 8.56 Å². The van der Waals surface area contributed by atoms with Gasteiger partial charge in [0.25, 0.3) is 0 Å². The highest BCUT2D eigenvalue weighted by atomic mass is 28.4. The summed E-state index contributed by atoms with van der Waals surface area (Å²) >= 11 is 0. The number of hydrogen-bond donors (Lipinski definition) is 0. The molecule has 0 fully saturated rings. The van der Waals surface area contributed by atoms with E-state index in [1.165, 1.54) is 70.6 Å². The lowest BCUT2D eigenvalue weighted by Crippen LogP contribution is -2.42. The lowest BCUT2D eigenvalue weighted by molar-refractivity contribution is 0.144. The third-order valence-electron chi connectivity index (χ3n) is 5.10. The minimum Gasteiger partial charge on any atom is -0.394 e. The molecule has 1 atom stereocenters. The van der Waals surface area contributed by atoms with Gasteiger partial charge in [-0.25, -0.2) is 0 Å². The Hall–Kier alpha value is 0.137. The average molecular weight is 359 g/mol. The van der Waals surface area contributed by atoms with Gasteiger partial charge in [-0.15, -0.1) is 0 Å². The third kappa shape index (κ3) is 12.5. The van der Waals surface area contributed by atoms with Gasteiger partial charge in [-0.05, 0) is 30.8 Å². The second-order valence-corrected chi connectivity index (χ2v) is 11.3. The maximum atomic E-state index is 6.34. The van der Waals surface area contributed by atoms with Crippen LogP contribution < -0.4 is 0 Å². The Morgan fingerprint density at radius 1 is 0.667 bits per heavy atom. The second-order valence-electron chi connectivity index (χ2n) is 7.50. The monoisotopic (exact) mass is 358 g/mol. The third-order valence-corrected chi connectivity index (χ3v) is 8.68. The van der Waals surface area contributed by atoms with Gasteiger partial charge < -0.3 is 8.85 Å². The van der Waals surface area contributed by atoms with Crippen LogP contribution in [0.15, 0.2) is 0 Å². The zero-order valence-electron chi connectivity index (χ0n) is 17.5. The average Bonchev–Trinajstić information content (AvgIpc) is 2.60. The van der Waals surface area contributed by atoms with E-state index in [0.717, 1.165) is 25.3 Å². The fraction of sp³-hybridized carbons (Fsp3) is 1.00. The zero-order chi connectivity index (χ0) is 18.1. The van der Waals surface area contributed by atoms with Crippen LogP contribution in [0.1, 0.15) is 105 Å². The minimum atomic E-state index is -1.93. The van der Waals surface area contributed by atoms with Crippen molar-refractivity contribution in [1.29, 1.82) is 0 Å². The van der Waals surface area contributed by atoms with E-state index in [1.54, 1.807) is 0 Å². The molecule has 0 saturated heterocycles. The Kier molecular flexibility index (Phi) is 16.7. The lowest BCUT2D eigenvalue weighted by Gasteiger charge is -2.30. The van der Waals surface area contributed by atoms with Crippen LogP contribution in [-0.2, 0) is 8.85 Å². The molecule has 0 spiro atoms. The van der Waals surface area contributed by atoms with Gasteiger partial charge in [0.1, 0.15) is 0 Å². The fourth-order valence-electron chi connectivity index (χ4n) is 3.24. The van der Waals surface area contributed by atoms with Crippen LogP contribution in [0.4, 0.5) is 0 Å². The van der Waals surface area contributed by atoms with Crippen LogP contribution in [0.2, 0.25) is 12.1 Å². The van der Waals surface area contributed by atoms with E-state index in [0.29, 0.717) is 5.92 Å². The molecule has 0 rings (SSSR count). The molecule has 146 valence electrons. The van der Waals surface area contributed by atoms with Gasteiger partial charge in [-0.1, -0.05) is 92.4 Å². The number of unbranched alkanes of at least 4 members (excludes halogenated alkanes) is 8.